The number of carbonyl (C=O) groups excluding carboxylic acids is 1. The Kier molecular flexibility index (Phi) is 5.39. The summed E-state index contributed by atoms with van der Waals surface area (Å²) in [6.45, 7) is 6.78. The quantitative estimate of drug-likeness (QED) is 0.783. The van der Waals surface area contributed by atoms with Crippen LogP contribution in [-0.4, -0.2) is 51.0 Å². The minimum absolute atomic E-state index is 0.122. The molecule has 0 aromatic heterocycles. The first-order valence-corrected chi connectivity index (χ1v) is 8.87. The first-order valence-electron chi connectivity index (χ1n) is 8.87. The topological polar surface area (TPSA) is 26.8 Å². The van der Waals surface area contributed by atoms with Crippen molar-refractivity contribution in [3.05, 3.63) is 59.7 Å². The molecule has 0 atom stereocenters. The van der Waals surface area contributed by atoms with Crippen LogP contribution in [-0.2, 0) is 6.54 Å². The van der Waals surface area contributed by atoms with E-state index in [1.54, 1.807) is 6.92 Å². The highest BCUT2D eigenvalue weighted by molar-refractivity contribution is 5.94. The molecule has 0 bridgehead atoms. The predicted octanol–water partition coefficient (Wildman–Crippen LogP) is 3.28. The van der Waals surface area contributed by atoms with E-state index in [4.69, 9.17) is 0 Å². The maximum Gasteiger partial charge on any atom is 0.159 e. The van der Waals surface area contributed by atoms with Crippen molar-refractivity contribution in [2.24, 2.45) is 0 Å². The second-order valence-electron chi connectivity index (χ2n) is 6.93. The number of anilines is 2. The third-order valence-corrected chi connectivity index (χ3v) is 4.87. The molecule has 0 saturated carbocycles. The second-order valence-corrected chi connectivity index (χ2v) is 6.93. The monoisotopic (exact) mass is 337 g/mol. The van der Waals surface area contributed by atoms with Crippen molar-refractivity contribution in [1.82, 2.24) is 4.90 Å². The molecule has 0 spiro atoms. The lowest BCUT2D eigenvalue weighted by Crippen LogP contribution is -2.45. The van der Waals surface area contributed by atoms with Crippen LogP contribution in [0.5, 0.6) is 0 Å². The molecule has 0 aliphatic carbocycles. The summed E-state index contributed by atoms with van der Waals surface area (Å²) in [6.07, 6.45) is 0. The van der Waals surface area contributed by atoms with Crippen LogP contribution >= 0.6 is 0 Å². The Morgan fingerprint density at radius 3 is 2.04 bits per heavy atom. The van der Waals surface area contributed by atoms with Crippen LogP contribution in [0, 0.1) is 0 Å². The predicted molar refractivity (Wildman–Crippen MR) is 105 cm³/mol. The first kappa shape index (κ1) is 17.5. The van der Waals surface area contributed by atoms with Gasteiger partial charge in [-0.15, -0.1) is 0 Å². The highest BCUT2D eigenvalue weighted by Crippen LogP contribution is 2.19. The molecule has 3 rings (SSSR count). The van der Waals surface area contributed by atoms with Crippen molar-refractivity contribution in [3.8, 4) is 0 Å². The van der Waals surface area contributed by atoms with Crippen LogP contribution in [0.15, 0.2) is 48.5 Å². The van der Waals surface area contributed by atoms with Gasteiger partial charge in [-0.1, -0.05) is 12.1 Å². The highest BCUT2D eigenvalue weighted by atomic mass is 16.1. The Morgan fingerprint density at radius 2 is 1.52 bits per heavy atom. The van der Waals surface area contributed by atoms with Gasteiger partial charge in [0.15, 0.2) is 5.78 Å². The van der Waals surface area contributed by atoms with Crippen LogP contribution in [0.2, 0.25) is 0 Å². The number of hydrogen-bond donors (Lipinski definition) is 0. The van der Waals surface area contributed by atoms with Crippen molar-refractivity contribution in [1.29, 1.82) is 0 Å². The largest absolute Gasteiger partial charge is 0.378 e. The lowest BCUT2D eigenvalue weighted by molar-refractivity contribution is 0.101. The van der Waals surface area contributed by atoms with Gasteiger partial charge in [0.2, 0.25) is 0 Å². The number of hydrogen-bond acceptors (Lipinski definition) is 4. The lowest BCUT2D eigenvalue weighted by atomic mass is 10.1. The molecule has 1 aliphatic rings. The zero-order chi connectivity index (χ0) is 17.8. The lowest BCUT2D eigenvalue weighted by Gasteiger charge is -2.36. The molecule has 25 heavy (non-hydrogen) atoms. The fourth-order valence-electron chi connectivity index (χ4n) is 3.23. The van der Waals surface area contributed by atoms with E-state index in [2.05, 4.69) is 65.2 Å². The van der Waals surface area contributed by atoms with Crippen molar-refractivity contribution in [3.63, 3.8) is 0 Å². The molecule has 2 aromatic rings. The van der Waals surface area contributed by atoms with Gasteiger partial charge >= 0.3 is 0 Å². The molecule has 1 aliphatic heterocycles. The summed E-state index contributed by atoms with van der Waals surface area (Å²) in [5.41, 5.74) is 4.59. The van der Waals surface area contributed by atoms with E-state index in [0.717, 1.165) is 38.3 Å². The van der Waals surface area contributed by atoms with Gasteiger partial charge in [0, 0.05) is 63.8 Å². The average Bonchev–Trinajstić information content (AvgIpc) is 2.63. The van der Waals surface area contributed by atoms with Gasteiger partial charge in [0.25, 0.3) is 0 Å². The van der Waals surface area contributed by atoms with Crippen molar-refractivity contribution >= 4 is 17.2 Å². The molecule has 0 amide bonds. The normalized spacial score (nSPS) is 15.2. The molecule has 1 saturated heterocycles. The summed E-state index contributed by atoms with van der Waals surface area (Å²) in [5.74, 6) is 0.122. The molecule has 1 heterocycles. The summed E-state index contributed by atoms with van der Waals surface area (Å²) in [7, 11) is 4.13. The van der Waals surface area contributed by atoms with Crippen LogP contribution < -0.4 is 9.80 Å². The van der Waals surface area contributed by atoms with E-state index >= 15 is 0 Å². The molecule has 0 radical (unpaired) electrons. The third kappa shape index (κ3) is 4.40. The number of rotatable bonds is 5. The Hall–Kier alpha value is -2.33. The van der Waals surface area contributed by atoms with Crippen molar-refractivity contribution in [2.45, 2.75) is 13.5 Å². The fraction of sp³-hybridized carbons (Fsp3) is 0.381. The van der Waals surface area contributed by atoms with Gasteiger partial charge < -0.3 is 9.80 Å². The van der Waals surface area contributed by atoms with Crippen LogP contribution in [0.1, 0.15) is 22.8 Å². The molecular formula is C21H27N3O. The number of benzene rings is 2. The minimum atomic E-state index is 0.122. The maximum atomic E-state index is 11.4. The fourth-order valence-corrected chi connectivity index (χ4v) is 3.23. The summed E-state index contributed by atoms with van der Waals surface area (Å²) in [4.78, 5) is 18.4. The molecule has 4 nitrogen and oxygen atoms in total. The van der Waals surface area contributed by atoms with E-state index in [1.165, 1.54) is 16.9 Å². The summed E-state index contributed by atoms with van der Waals surface area (Å²) in [6, 6.07) is 16.8. The van der Waals surface area contributed by atoms with Gasteiger partial charge in [0.05, 0.1) is 0 Å². The summed E-state index contributed by atoms with van der Waals surface area (Å²) < 4.78 is 0. The van der Waals surface area contributed by atoms with E-state index in [0.29, 0.717) is 0 Å². The first-order chi connectivity index (χ1) is 12.0. The van der Waals surface area contributed by atoms with Crippen LogP contribution in [0.3, 0.4) is 0 Å². The van der Waals surface area contributed by atoms with Crippen LogP contribution in [0.25, 0.3) is 0 Å². The Morgan fingerprint density at radius 1 is 0.920 bits per heavy atom. The second kappa shape index (κ2) is 7.70. The van der Waals surface area contributed by atoms with E-state index in [1.807, 2.05) is 12.1 Å². The zero-order valence-corrected chi connectivity index (χ0v) is 15.4. The summed E-state index contributed by atoms with van der Waals surface area (Å²) >= 11 is 0. The van der Waals surface area contributed by atoms with Crippen molar-refractivity contribution in [2.75, 3.05) is 50.1 Å². The SMILES string of the molecule is CC(=O)c1ccc(N2CCN(Cc3ccc(N(C)C)cc3)CC2)cc1. The molecule has 0 N–H and O–H groups in total. The molecule has 1 fully saturated rings. The number of nitrogens with zero attached hydrogens (tertiary/aromatic N) is 3. The minimum Gasteiger partial charge on any atom is -0.378 e. The molecule has 2 aromatic carbocycles. The molecule has 0 unspecified atom stereocenters. The zero-order valence-electron chi connectivity index (χ0n) is 15.4. The summed E-state index contributed by atoms with van der Waals surface area (Å²) in [5, 5.41) is 0. The number of carbonyl (C=O) groups is 1. The van der Waals surface area contributed by atoms with Crippen molar-refractivity contribution < 1.29 is 4.79 Å². The van der Waals surface area contributed by atoms with Gasteiger partial charge in [0.1, 0.15) is 0 Å². The molecule has 4 heteroatoms. The van der Waals surface area contributed by atoms with E-state index in [-0.39, 0.29) is 5.78 Å². The Bertz CT molecular complexity index is 699. The highest BCUT2D eigenvalue weighted by Gasteiger charge is 2.17. The maximum absolute atomic E-state index is 11.4. The average molecular weight is 337 g/mol. The number of Topliss-reactive ketones (excluding diaryl/α,β-unsaturated/α-hetero) is 1. The van der Waals surface area contributed by atoms with Gasteiger partial charge in [-0.3, -0.25) is 9.69 Å². The van der Waals surface area contributed by atoms with Gasteiger partial charge in [-0.25, -0.2) is 0 Å². The standard InChI is InChI=1S/C21H27N3O/c1-17(25)19-6-10-21(11-7-19)24-14-12-23(13-15-24)16-18-4-8-20(9-5-18)22(2)3/h4-11H,12-16H2,1-3H3. The molecular weight excluding hydrogens is 310 g/mol. The molecule has 132 valence electrons. The van der Waals surface area contributed by atoms with E-state index < -0.39 is 0 Å². The van der Waals surface area contributed by atoms with Gasteiger partial charge in [-0.2, -0.15) is 0 Å². The van der Waals surface area contributed by atoms with E-state index in [9.17, 15) is 4.79 Å². The Labute approximate surface area is 150 Å². The number of piperazine rings is 1. The van der Waals surface area contributed by atoms with Crippen LogP contribution in [0.4, 0.5) is 11.4 Å². The Balaban J connectivity index is 1.53. The third-order valence-electron chi connectivity index (χ3n) is 4.87. The smallest absolute Gasteiger partial charge is 0.159 e. The van der Waals surface area contributed by atoms with Gasteiger partial charge in [-0.05, 0) is 48.9 Å². The number of ketones is 1.